The first-order valence-electron chi connectivity index (χ1n) is 7.24. The molecular weight excluding hydrogens is 253 g/mol. The summed E-state index contributed by atoms with van der Waals surface area (Å²) in [6.45, 7) is 6.89. The molecule has 0 amide bonds. The van der Waals surface area contributed by atoms with Crippen LogP contribution in [-0.4, -0.2) is 44.3 Å². The third-order valence-corrected chi connectivity index (χ3v) is 4.03. The molecule has 0 aliphatic carbocycles. The third kappa shape index (κ3) is 5.30. The van der Waals surface area contributed by atoms with Gasteiger partial charge in [0.2, 0.25) is 0 Å². The summed E-state index contributed by atoms with van der Waals surface area (Å²) in [7, 11) is 1.91. The van der Waals surface area contributed by atoms with Gasteiger partial charge in [-0.3, -0.25) is 0 Å². The second kappa shape index (κ2) is 6.93. The van der Waals surface area contributed by atoms with Crippen LogP contribution in [0.2, 0.25) is 0 Å². The minimum absolute atomic E-state index is 0.0665. The number of nitrogens with one attached hydrogen (secondary N) is 1. The van der Waals surface area contributed by atoms with Crippen LogP contribution in [0, 0.1) is 11.3 Å². The number of piperidine rings is 1. The molecule has 1 N–H and O–H groups in total. The van der Waals surface area contributed by atoms with Crippen LogP contribution in [0.5, 0.6) is 0 Å². The second-order valence-electron chi connectivity index (χ2n) is 6.21. The van der Waals surface area contributed by atoms with Crippen molar-refractivity contribution in [1.29, 1.82) is 0 Å². The molecule has 5 heteroatoms. The molecule has 2 unspecified atom stereocenters. The zero-order valence-electron chi connectivity index (χ0n) is 12.3. The molecule has 0 aromatic carbocycles. The summed E-state index contributed by atoms with van der Waals surface area (Å²) in [6, 6.07) is 0. The van der Waals surface area contributed by atoms with Crippen molar-refractivity contribution in [3.05, 3.63) is 0 Å². The van der Waals surface area contributed by atoms with Crippen LogP contribution in [0.25, 0.3) is 0 Å². The average Bonchev–Trinajstić information content (AvgIpc) is 2.28. The van der Waals surface area contributed by atoms with Crippen molar-refractivity contribution in [3.8, 4) is 0 Å². The summed E-state index contributed by atoms with van der Waals surface area (Å²) in [5.74, 6) is -1.14. The highest BCUT2D eigenvalue weighted by Crippen LogP contribution is 2.34. The van der Waals surface area contributed by atoms with Gasteiger partial charge in [0.25, 0.3) is 0 Å². The molecule has 19 heavy (non-hydrogen) atoms. The van der Waals surface area contributed by atoms with Crippen LogP contribution >= 0.6 is 0 Å². The van der Waals surface area contributed by atoms with E-state index < -0.39 is 12.1 Å². The van der Waals surface area contributed by atoms with Gasteiger partial charge in [-0.15, -0.1) is 0 Å². The molecule has 2 atom stereocenters. The Kier molecular flexibility index (Phi) is 6.12. The van der Waals surface area contributed by atoms with Crippen LogP contribution in [0.3, 0.4) is 0 Å². The molecule has 0 aromatic rings. The first-order chi connectivity index (χ1) is 8.80. The minimum atomic E-state index is -4.04. The molecule has 0 spiro atoms. The molecular formula is C14H27F3N2. The fourth-order valence-corrected chi connectivity index (χ4v) is 3.26. The monoisotopic (exact) mass is 280 g/mol. The Morgan fingerprint density at radius 3 is 2.53 bits per heavy atom. The van der Waals surface area contributed by atoms with Crippen molar-refractivity contribution in [2.45, 2.75) is 45.7 Å². The Morgan fingerprint density at radius 1 is 1.32 bits per heavy atom. The lowest BCUT2D eigenvalue weighted by Gasteiger charge is -2.40. The highest BCUT2D eigenvalue weighted by atomic mass is 19.4. The molecule has 2 nitrogen and oxygen atoms in total. The van der Waals surface area contributed by atoms with Crippen molar-refractivity contribution in [1.82, 2.24) is 10.2 Å². The molecule has 0 bridgehead atoms. The number of halogens is 3. The normalized spacial score (nSPS) is 25.3. The fraction of sp³-hybridized carbons (Fsp3) is 1.00. The molecule has 1 heterocycles. The zero-order chi connectivity index (χ0) is 14.5. The maximum Gasteiger partial charge on any atom is 0.393 e. The van der Waals surface area contributed by atoms with E-state index in [1.54, 1.807) is 0 Å². The van der Waals surface area contributed by atoms with Crippen molar-refractivity contribution < 1.29 is 13.2 Å². The van der Waals surface area contributed by atoms with Gasteiger partial charge in [-0.05, 0) is 38.3 Å². The molecule has 0 radical (unpaired) electrons. The Hall–Kier alpha value is -0.290. The Morgan fingerprint density at radius 2 is 2.00 bits per heavy atom. The highest BCUT2D eigenvalue weighted by Gasteiger charge is 2.42. The Balaban J connectivity index is 2.59. The maximum atomic E-state index is 12.8. The van der Waals surface area contributed by atoms with Crippen LogP contribution < -0.4 is 5.32 Å². The summed E-state index contributed by atoms with van der Waals surface area (Å²) < 4.78 is 38.4. The van der Waals surface area contributed by atoms with E-state index in [-0.39, 0.29) is 18.4 Å². The summed E-state index contributed by atoms with van der Waals surface area (Å²) >= 11 is 0. The maximum absolute atomic E-state index is 12.8. The van der Waals surface area contributed by atoms with Gasteiger partial charge in [-0.2, -0.15) is 13.2 Å². The number of hydrogen-bond acceptors (Lipinski definition) is 2. The van der Waals surface area contributed by atoms with Crippen molar-refractivity contribution in [2.24, 2.45) is 11.3 Å². The third-order valence-electron chi connectivity index (χ3n) is 4.03. The van der Waals surface area contributed by atoms with E-state index in [0.29, 0.717) is 6.42 Å². The molecule has 0 aromatic heterocycles. The number of nitrogens with zero attached hydrogens (tertiary/aromatic N) is 1. The molecule has 1 aliphatic heterocycles. The number of hydrogen-bond donors (Lipinski definition) is 1. The lowest BCUT2D eigenvalue weighted by molar-refractivity contribution is -0.187. The predicted molar refractivity (Wildman–Crippen MR) is 72.2 cm³/mol. The summed E-state index contributed by atoms with van der Waals surface area (Å²) in [5.41, 5.74) is 0.0665. The van der Waals surface area contributed by atoms with Crippen molar-refractivity contribution >= 4 is 0 Å². The van der Waals surface area contributed by atoms with Gasteiger partial charge in [-0.1, -0.05) is 20.3 Å². The topological polar surface area (TPSA) is 15.3 Å². The van der Waals surface area contributed by atoms with E-state index in [9.17, 15) is 13.2 Å². The smallest absolute Gasteiger partial charge is 0.319 e. The van der Waals surface area contributed by atoms with Crippen LogP contribution in [-0.2, 0) is 0 Å². The lowest BCUT2D eigenvalue weighted by Crippen LogP contribution is -2.48. The van der Waals surface area contributed by atoms with Gasteiger partial charge >= 0.3 is 6.18 Å². The van der Waals surface area contributed by atoms with Gasteiger partial charge in [0, 0.05) is 19.6 Å². The first kappa shape index (κ1) is 16.8. The van der Waals surface area contributed by atoms with E-state index in [1.165, 1.54) is 0 Å². The number of likely N-dealkylation sites (tertiary alicyclic amines) is 1. The minimum Gasteiger partial charge on any atom is -0.319 e. The van der Waals surface area contributed by atoms with Gasteiger partial charge in [-0.25, -0.2) is 0 Å². The van der Waals surface area contributed by atoms with Gasteiger partial charge in [0.15, 0.2) is 0 Å². The molecule has 1 aliphatic rings. The predicted octanol–water partition coefficient (Wildman–Crippen LogP) is 3.29. The molecule has 0 saturated carbocycles. The second-order valence-corrected chi connectivity index (χ2v) is 6.21. The SMILES string of the molecule is CCCC(C)(CNC)CN1CCCC(C(F)(F)F)C1. The fourth-order valence-electron chi connectivity index (χ4n) is 3.26. The van der Waals surface area contributed by atoms with E-state index in [1.807, 2.05) is 11.9 Å². The van der Waals surface area contributed by atoms with Crippen molar-refractivity contribution in [3.63, 3.8) is 0 Å². The number of rotatable bonds is 6. The van der Waals surface area contributed by atoms with Crippen LogP contribution in [0.4, 0.5) is 13.2 Å². The van der Waals surface area contributed by atoms with Gasteiger partial charge in [0.05, 0.1) is 5.92 Å². The molecule has 1 saturated heterocycles. The lowest BCUT2D eigenvalue weighted by atomic mass is 9.83. The molecule has 1 rings (SSSR count). The Bertz CT molecular complexity index is 260. The van der Waals surface area contributed by atoms with Crippen molar-refractivity contribution in [2.75, 3.05) is 33.2 Å². The Labute approximate surface area is 114 Å². The quantitative estimate of drug-likeness (QED) is 0.803. The summed E-state index contributed by atoms with van der Waals surface area (Å²) in [4.78, 5) is 2.01. The van der Waals surface area contributed by atoms with Gasteiger partial charge < -0.3 is 10.2 Å². The van der Waals surface area contributed by atoms with E-state index in [4.69, 9.17) is 0 Å². The van der Waals surface area contributed by atoms with E-state index in [2.05, 4.69) is 19.2 Å². The largest absolute Gasteiger partial charge is 0.393 e. The van der Waals surface area contributed by atoms with E-state index in [0.717, 1.165) is 32.5 Å². The average molecular weight is 280 g/mol. The van der Waals surface area contributed by atoms with Crippen LogP contribution in [0.15, 0.2) is 0 Å². The molecule has 114 valence electrons. The molecule has 1 fully saturated rings. The standard InChI is InChI=1S/C14H27F3N2/c1-4-7-13(2,10-18-3)11-19-8-5-6-12(9-19)14(15,16)17/h12,18H,4-11H2,1-3H3. The first-order valence-corrected chi connectivity index (χ1v) is 7.24. The summed E-state index contributed by atoms with van der Waals surface area (Å²) in [6.07, 6.45) is -0.985. The number of alkyl halides is 3. The van der Waals surface area contributed by atoms with E-state index >= 15 is 0 Å². The van der Waals surface area contributed by atoms with Crippen LogP contribution in [0.1, 0.15) is 39.5 Å². The zero-order valence-corrected chi connectivity index (χ0v) is 12.3. The highest BCUT2D eigenvalue weighted by molar-refractivity contribution is 4.84. The van der Waals surface area contributed by atoms with Gasteiger partial charge in [0.1, 0.15) is 0 Å². The summed E-state index contributed by atoms with van der Waals surface area (Å²) in [5, 5.41) is 3.18.